The third kappa shape index (κ3) is 4.64. The van der Waals surface area contributed by atoms with Gasteiger partial charge in [0.1, 0.15) is 0 Å². The average molecular weight is 414 g/mol. The molecule has 1 aliphatic heterocycles. The van der Waals surface area contributed by atoms with Gasteiger partial charge in [-0.3, -0.25) is 15.0 Å². The van der Waals surface area contributed by atoms with Gasteiger partial charge in [0, 0.05) is 41.4 Å². The SMILES string of the molecule is C=C1c2cc(OC)c(OC)cc2/N=C\CNC(=O)N1Cc1ccc(NSN)cc1. The molecule has 8 nitrogen and oxygen atoms in total. The molecule has 0 atom stereocenters. The lowest BCUT2D eigenvalue weighted by molar-refractivity contribution is 0.218. The summed E-state index contributed by atoms with van der Waals surface area (Å²) in [7, 11) is 3.13. The average Bonchev–Trinajstić information content (AvgIpc) is 2.79. The van der Waals surface area contributed by atoms with Gasteiger partial charge in [0.15, 0.2) is 11.5 Å². The van der Waals surface area contributed by atoms with E-state index in [2.05, 4.69) is 21.6 Å². The first-order chi connectivity index (χ1) is 14.1. The van der Waals surface area contributed by atoms with Crippen molar-refractivity contribution in [3.8, 4) is 11.5 Å². The lowest BCUT2D eigenvalue weighted by atomic mass is 10.1. The summed E-state index contributed by atoms with van der Waals surface area (Å²) < 4.78 is 13.7. The molecule has 0 aliphatic carbocycles. The molecule has 0 fully saturated rings. The first-order valence-corrected chi connectivity index (χ1v) is 9.69. The normalized spacial score (nSPS) is 14.8. The third-order valence-electron chi connectivity index (χ3n) is 4.43. The minimum atomic E-state index is -0.260. The first kappa shape index (κ1) is 20.6. The lowest BCUT2D eigenvalue weighted by Crippen LogP contribution is -2.38. The number of methoxy groups -OCH3 is 2. The van der Waals surface area contributed by atoms with Crippen molar-refractivity contribution in [2.75, 3.05) is 25.5 Å². The van der Waals surface area contributed by atoms with E-state index >= 15 is 0 Å². The highest BCUT2D eigenvalue weighted by atomic mass is 32.2. The molecule has 2 amide bonds. The largest absolute Gasteiger partial charge is 0.493 e. The second kappa shape index (κ2) is 9.35. The number of urea groups is 1. The Labute approximate surface area is 174 Å². The summed E-state index contributed by atoms with van der Waals surface area (Å²) in [5, 5.41) is 8.25. The Balaban J connectivity index is 1.97. The van der Waals surface area contributed by atoms with Crippen LogP contribution in [0.5, 0.6) is 11.5 Å². The predicted molar refractivity (Wildman–Crippen MR) is 118 cm³/mol. The summed E-state index contributed by atoms with van der Waals surface area (Å²) in [6.45, 7) is 4.81. The van der Waals surface area contributed by atoms with E-state index in [4.69, 9.17) is 14.6 Å². The van der Waals surface area contributed by atoms with Gasteiger partial charge in [-0.2, -0.15) is 0 Å². The fourth-order valence-electron chi connectivity index (χ4n) is 2.94. The zero-order valence-corrected chi connectivity index (χ0v) is 17.1. The molecule has 152 valence electrons. The number of carbonyl (C=O) groups is 1. The molecule has 2 aromatic rings. The molecule has 1 aliphatic rings. The number of rotatable bonds is 6. The molecule has 0 radical (unpaired) electrons. The molecular formula is C20H23N5O3S. The van der Waals surface area contributed by atoms with Crippen LogP contribution < -0.4 is 24.7 Å². The van der Waals surface area contributed by atoms with E-state index in [1.807, 2.05) is 24.3 Å². The molecule has 3 rings (SSSR count). The molecule has 9 heteroatoms. The molecule has 0 spiro atoms. The maximum absolute atomic E-state index is 12.8. The molecule has 0 unspecified atom stereocenters. The van der Waals surface area contributed by atoms with Crippen molar-refractivity contribution in [1.82, 2.24) is 10.2 Å². The Bertz CT molecular complexity index is 930. The number of nitrogens with two attached hydrogens (primary N) is 1. The van der Waals surface area contributed by atoms with Gasteiger partial charge in [-0.1, -0.05) is 18.7 Å². The number of anilines is 1. The number of ether oxygens (including phenoxy) is 2. The van der Waals surface area contributed by atoms with Gasteiger partial charge >= 0.3 is 6.03 Å². The fraction of sp³-hybridized carbons (Fsp3) is 0.200. The Morgan fingerprint density at radius 2 is 1.93 bits per heavy atom. The van der Waals surface area contributed by atoms with Crippen LogP contribution in [0.25, 0.3) is 5.70 Å². The Kier molecular flexibility index (Phi) is 6.63. The van der Waals surface area contributed by atoms with Crippen LogP contribution in [-0.2, 0) is 6.54 Å². The maximum atomic E-state index is 12.8. The zero-order chi connectivity index (χ0) is 20.8. The van der Waals surface area contributed by atoms with Crippen LogP contribution in [0.15, 0.2) is 48.0 Å². The summed E-state index contributed by atoms with van der Waals surface area (Å²) in [6, 6.07) is 11.0. The third-order valence-corrected chi connectivity index (χ3v) is 4.78. The highest BCUT2D eigenvalue weighted by molar-refractivity contribution is 7.98. The van der Waals surface area contributed by atoms with E-state index in [1.54, 1.807) is 37.5 Å². The Morgan fingerprint density at radius 3 is 2.59 bits per heavy atom. The molecule has 4 N–H and O–H groups in total. The van der Waals surface area contributed by atoms with Crippen molar-refractivity contribution in [2.45, 2.75) is 6.54 Å². The number of amides is 2. The van der Waals surface area contributed by atoms with Crippen LogP contribution in [-0.4, -0.2) is 37.9 Å². The molecular weight excluding hydrogens is 390 g/mol. The number of hydrogen-bond acceptors (Lipinski definition) is 7. The van der Waals surface area contributed by atoms with Crippen molar-refractivity contribution < 1.29 is 14.3 Å². The number of benzene rings is 2. The predicted octanol–water partition coefficient (Wildman–Crippen LogP) is 3.54. The van der Waals surface area contributed by atoms with Gasteiger partial charge in [0.05, 0.1) is 33.0 Å². The van der Waals surface area contributed by atoms with Gasteiger partial charge < -0.3 is 19.5 Å². The van der Waals surface area contributed by atoms with E-state index < -0.39 is 0 Å². The number of carbonyl (C=O) groups excluding carboxylic acids is 1. The number of nitrogens with zero attached hydrogens (tertiary/aromatic N) is 2. The number of nitrogens with one attached hydrogen (secondary N) is 2. The van der Waals surface area contributed by atoms with E-state index in [0.717, 1.165) is 23.4 Å². The van der Waals surface area contributed by atoms with Crippen molar-refractivity contribution in [3.63, 3.8) is 0 Å². The van der Waals surface area contributed by atoms with Crippen LogP contribution >= 0.6 is 12.1 Å². The smallest absolute Gasteiger partial charge is 0.322 e. The minimum Gasteiger partial charge on any atom is -0.493 e. The second-order valence-electron chi connectivity index (χ2n) is 6.17. The molecule has 0 bridgehead atoms. The monoisotopic (exact) mass is 413 g/mol. The highest BCUT2D eigenvalue weighted by Gasteiger charge is 2.23. The fourth-order valence-corrected chi connectivity index (χ4v) is 3.21. The molecule has 0 aromatic heterocycles. The lowest BCUT2D eigenvalue weighted by Gasteiger charge is -2.26. The van der Waals surface area contributed by atoms with E-state index in [1.165, 1.54) is 0 Å². The van der Waals surface area contributed by atoms with Gasteiger partial charge in [0.25, 0.3) is 0 Å². The topological polar surface area (TPSA) is 101 Å². The summed E-state index contributed by atoms with van der Waals surface area (Å²) >= 11 is 1.03. The van der Waals surface area contributed by atoms with Crippen LogP contribution in [0.1, 0.15) is 11.1 Å². The first-order valence-electron chi connectivity index (χ1n) is 8.81. The summed E-state index contributed by atoms with van der Waals surface area (Å²) in [5.74, 6) is 1.10. The Morgan fingerprint density at radius 1 is 1.24 bits per heavy atom. The standard InChI is InChI=1S/C20H23N5O3S/c1-13-16-10-18(27-2)19(28-3)11-17(16)22-8-9-23-20(26)25(13)12-14-4-6-15(7-5-14)24-29-21/h4-8,10-11,24H,1,9,12,21H2,2-3H3,(H,23,26)/b22-8-. The number of hydrogen-bond donors (Lipinski definition) is 3. The summed E-state index contributed by atoms with van der Waals surface area (Å²) in [5.41, 5.74) is 3.67. The molecule has 1 heterocycles. The molecule has 29 heavy (non-hydrogen) atoms. The van der Waals surface area contributed by atoms with Crippen molar-refractivity contribution in [1.29, 1.82) is 0 Å². The van der Waals surface area contributed by atoms with Crippen molar-refractivity contribution >= 4 is 41.5 Å². The minimum absolute atomic E-state index is 0.260. The molecule has 2 aromatic carbocycles. The van der Waals surface area contributed by atoms with Gasteiger partial charge in [-0.05, 0) is 23.8 Å². The number of aliphatic imine (C=N–C) groups is 1. The van der Waals surface area contributed by atoms with Crippen LogP contribution in [0, 0.1) is 0 Å². The Hall–Kier alpha value is -3.17. The van der Waals surface area contributed by atoms with Gasteiger partial charge in [-0.15, -0.1) is 0 Å². The van der Waals surface area contributed by atoms with E-state index in [9.17, 15) is 4.79 Å². The number of fused-ring (bicyclic) bond motifs is 1. The van der Waals surface area contributed by atoms with E-state index in [0.29, 0.717) is 41.5 Å². The van der Waals surface area contributed by atoms with Gasteiger partial charge in [0.2, 0.25) is 0 Å². The van der Waals surface area contributed by atoms with E-state index in [-0.39, 0.29) is 6.03 Å². The van der Waals surface area contributed by atoms with Crippen molar-refractivity contribution in [2.24, 2.45) is 10.1 Å². The van der Waals surface area contributed by atoms with Crippen LogP contribution in [0.2, 0.25) is 0 Å². The second-order valence-corrected chi connectivity index (χ2v) is 6.61. The summed E-state index contributed by atoms with van der Waals surface area (Å²) in [6.07, 6.45) is 1.64. The van der Waals surface area contributed by atoms with Crippen LogP contribution in [0.3, 0.4) is 0 Å². The van der Waals surface area contributed by atoms with Gasteiger partial charge in [-0.25, -0.2) is 4.79 Å². The quantitative estimate of drug-likeness (QED) is 0.626. The molecule has 0 saturated heterocycles. The maximum Gasteiger partial charge on any atom is 0.322 e. The highest BCUT2D eigenvalue weighted by Crippen LogP contribution is 2.39. The summed E-state index contributed by atoms with van der Waals surface area (Å²) in [4.78, 5) is 18.8. The molecule has 0 saturated carbocycles. The van der Waals surface area contributed by atoms with Crippen molar-refractivity contribution in [3.05, 3.63) is 54.1 Å². The zero-order valence-electron chi connectivity index (χ0n) is 16.3. The van der Waals surface area contributed by atoms with Crippen LogP contribution in [0.4, 0.5) is 16.2 Å².